The number of rotatable bonds is 7. The van der Waals surface area contributed by atoms with E-state index in [9.17, 15) is 21.6 Å². The Labute approximate surface area is 126 Å². The Morgan fingerprint density at radius 2 is 1.90 bits per heavy atom. The quantitative estimate of drug-likeness (QED) is 0.581. The normalized spacial score (nSPS) is 21.9. The van der Waals surface area contributed by atoms with E-state index in [0.717, 1.165) is 10.6 Å². The topological polar surface area (TPSA) is 104 Å². The summed E-state index contributed by atoms with van der Waals surface area (Å²) in [6.45, 7) is 0.420. The van der Waals surface area contributed by atoms with E-state index in [2.05, 4.69) is 5.32 Å². The van der Waals surface area contributed by atoms with Gasteiger partial charge in [0.2, 0.25) is 15.9 Å². The van der Waals surface area contributed by atoms with Gasteiger partial charge in [0.1, 0.15) is 0 Å². The summed E-state index contributed by atoms with van der Waals surface area (Å²) in [5.74, 6) is -0.481. The van der Waals surface area contributed by atoms with Crippen LogP contribution in [0.3, 0.4) is 0 Å². The summed E-state index contributed by atoms with van der Waals surface area (Å²) in [6, 6.07) is -0.419. The lowest BCUT2D eigenvalue weighted by Crippen LogP contribution is -2.46. The average Bonchev–Trinajstić information content (AvgIpc) is 2.62. The van der Waals surface area contributed by atoms with E-state index in [0.29, 0.717) is 13.0 Å². The van der Waals surface area contributed by atoms with Crippen LogP contribution in [0.4, 0.5) is 0 Å². The van der Waals surface area contributed by atoms with Crippen LogP contribution in [0, 0.1) is 0 Å². The lowest BCUT2D eigenvalue weighted by molar-refractivity contribution is -0.121. The molecule has 0 aliphatic carbocycles. The highest BCUT2D eigenvalue weighted by molar-refractivity contribution is 7.91. The molecule has 1 saturated heterocycles. The zero-order chi connectivity index (χ0) is 16.3. The first kappa shape index (κ1) is 18.3. The molecule has 1 heterocycles. The Kier molecular flexibility index (Phi) is 6.14. The molecular formula is C11H23N3O5S2. The summed E-state index contributed by atoms with van der Waals surface area (Å²) in [6.07, 6.45) is 1.43. The van der Waals surface area contributed by atoms with E-state index in [-0.39, 0.29) is 24.6 Å². The van der Waals surface area contributed by atoms with Gasteiger partial charge in [0.25, 0.3) is 0 Å². The number of nitrogens with one attached hydrogen (secondary N) is 1. The summed E-state index contributed by atoms with van der Waals surface area (Å²) < 4.78 is 47.0. The van der Waals surface area contributed by atoms with Gasteiger partial charge in [-0.25, -0.2) is 16.8 Å². The molecule has 1 fully saturated rings. The van der Waals surface area contributed by atoms with Crippen molar-refractivity contribution in [2.75, 3.05) is 51.5 Å². The second kappa shape index (κ2) is 7.03. The van der Waals surface area contributed by atoms with Crippen LogP contribution in [0.1, 0.15) is 6.42 Å². The minimum atomic E-state index is -3.48. The minimum Gasteiger partial charge on any atom is -0.351 e. The van der Waals surface area contributed by atoms with E-state index in [1.165, 1.54) is 0 Å². The van der Waals surface area contributed by atoms with Crippen molar-refractivity contribution in [3.8, 4) is 0 Å². The molecular weight excluding hydrogens is 318 g/mol. The fourth-order valence-electron chi connectivity index (χ4n) is 2.02. The number of nitrogens with zero attached hydrogens (tertiary/aromatic N) is 2. The fourth-order valence-corrected chi connectivity index (χ4v) is 4.45. The van der Waals surface area contributed by atoms with Crippen LogP contribution in [0.5, 0.6) is 0 Å². The molecule has 1 rings (SSSR count). The van der Waals surface area contributed by atoms with Crippen molar-refractivity contribution in [3.63, 3.8) is 0 Å². The fraction of sp³-hybridized carbons (Fsp3) is 0.909. The van der Waals surface area contributed by atoms with Crippen molar-refractivity contribution < 1.29 is 21.6 Å². The standard InChI is InChI=1S/C11H23N3O5S2/c1-13(2)5-6-14(20(3,16)17)8-11(15)12-10-4-7-21(18,19)9-10/h10H,4-9H2,1-3H3,(H,12,15). The number of carbonyl (C=O) groups excluding carboxylic acids is 1. The molecule has 1 N–H and O–H groups in total. The first-order valence-electron chi connectivity index (χ1n) is 6.59. The summed E-state index contributed by atoms with van der Waals surface area (Å²) in [7, 11) is -2.94. The van der Waals surface area contributed by atoms with Crippen molar-refractivity contribution in [1.29, 1.82) is 0 Å². The van der Waals surface area contributed by atoms with Gasteiger partial charge in [-0.15, -0.1) is 0 Å². The van der Waals surface area contributed by atoms with Crippen molar-refractivity contribution in [2.24, 2.45) is 0 Å². The predicted octanol–water partition coefficient (Wildman–Crippen LogP) is -1.89. The molecule has 1 atom stereocenters. The van der Waals surface area contributed by atoms with Gasteiger partial charge in [0.15, 0.2) is 9.84 Å². The molecule has 1 aliphatic rings. The molecule has 8 nitrogen and oxygen atoms in total. The average molecular weight is 341 g/mol. The van der Waals surface area contributed by atoms with Gasteiger partial charge >= 0.3 is 0 Å². The van der Waals surface area contributed by atoms with Crippen LogP contribution in [-0.4, -0.2) is 89.5 Å². The molecule has 0 spiro atoms. The lowest BCUT2D eigenvalue weighted by Gasteiger charge is -2.22. The van der Waals surface area contributed by atoms with E-state index in [1.54, 1.807) is 0 Å². The predicted molar refractivity (Wildman–Crippen MR) is 80.2 cm³/mol. The van der Waals surface area contributed by atoms with Gasteiger partial charge in [-0.3, -0.25) is 4.79 Å². The summed E-state index contributed by atoms with van der Waals surface area (Å²) >= 11 is 0. The van der Waals surface area contributed by atoms with E-state index < -0.39 is 31.8 Å². The minimum absolute atomic E-state index is 0.0639. The smallest absolute Gasteiger partial charge is 0.235 e. The number of sulfonamides is 1. The van der Waals surface area contributed by atoms with Crippen LogP contribution in [0.25, 0.3) is 0 Å². The van der Waals surface area contributed by atoms with Crippen LogP contribution >= 0.6 is 0 Å². The number of hydrogen-bond donors (Lipinski definition) is 1. The largest absolute Gasteiger partial charge is 0.351 e. The highest BCUT2D eigenvalue weighted by atomic mass is 32.2. The Morgan fingerprint density at radius 1 is 1.29 bits per heavy atom. The van der Waals surface area contributed by atoms with E-state index in [4.69, 9.17) is 0 Å². The molecule has 124 valence electrons. The molecule has 1 aliphatic heterocycles. The maximum Gasteiger partial charge on any atom is 0.235 e. The SMILES string of the molecule is CN(C)CCN(CC(=O)NC1CCS(=O)(=O)C1)S(C)(=O)=O. The van der Waals surface area contributed by atoms with Crippen molar-refractivity contribution in [2.45, 2.75) is 12.5 Å². The molecule has 0 radical (unpaired) electrons. The van der Waals surface area contributed by atoms with Crippen LogP contribution in [0.2, 0.25) is 0 Å². The van der Waals surface area contributed by atoms with E-state index in [1.807, 2.05) is 19.0 Å². The molecule has 0 aromatic rings. The second-order valence-corrected chi connectivity index (χ2v) is 9.78. The number of amides is 1. The summed E-state index contributed by atoms with van der Waals surface area (Å²) in [5.41, 5.74) is 0. The first-order valence-corrected chi connectivity index (χ1v) is 10.3. The maximum absolute atomic E-state index is 11.9. The van der Waals surface area contributed by atoms with Crippen molar-refractivity contribution in [1.82, 2.24) is 14.5 Å². The molecule has 0 aromatic carbocycles. The Hall–Kier alpha value is -0.710. The molecule has 1 amide bonds. The van der Waals surface area contributed by atoms with Crippen LogP contribution < -0.4 is 5.32 Å². The highest BCUT2D eigenvalue weighted by Crippen LogP contribution is 2.11. The Bertz CT molecular complexity index is 571. The molecule has 0 saturated carbocycles. The van der Waals surface area contributed by atoms with Gasteiger partial charge in [0, 0.05) is 19.1 Å². The molecule has 21 heavy (non-hydrogen) atoms. The number of hydrogen-bond acceptors (Lipinski definition) is 6. The molecule has 0 aromatic heterocycles. The van der Waals surface area contributed by atoms with Gasteiger partial charge in [-0.2, -0.15) is 4.31 Å². The van der Waals surface area contributed by atoms with Gasteiger partial charge in [0.05, 0.1) is 24.3 Å². The zero-order valence-electron chi connectivity index (χ0n) is 12.6. The Balaban J connectivity index is 2.56. The molecule has 0 bridgehead atoms. The number of likely N-dealkylation sites (N-methyl/N-ethyl adjacent to an activating group) is 1. The van der Waals surface area contributed by atoms with Crippen LogP contribution in [-0.2, 0) is 24.7 Å². The number of sulfone groups is 1. The van der Waals surface area contributed by atoms with Gasteiger partial charge < -0.3 is 10.2 Å². The molecule has 10 heteroatoms. The van der Waals surface area contributed by atoms with Crippen LogP contribution in [0.15, 0.2) is 0 Å². The van der Waals surface area contributed by atoms with E-state index >= 15 is 0 Å². The first-order chi connectivity index (χ1) is 9.49. The summed E-state index contributed by atoms with van der Waals surface area (Å²) in [4.78, 5) is 13.7. The zero-order valence-corrected chi connectivity index (χ0v) is 14.2. The molecule has 1 unspecified atom stereocenters. The van der Waals surface area contributed by atoms with Crippen molar-refractivity contribution >= 4 is 25.8 Å². The second-order valence-electron chi connectivity index (χ2n) is 5.57. The maximum atomic E-state index is 11.9. The third-order valence-electron chi connectivity index (χ3n) is 3.18. The van der Waals surface area contributed by atoms with Crippen molar-refractivity contribution in [3.05, 3.63) is 0 Å². The lowest BCUT2D eigenvalue weighted by atomic mass is 10.2. The monoisotopic (exact) mass is 341 g/mol. The van der Waals surface area contributed by atoms with Gasteiger partial charge in [-0.05, 0) is 20.5 Å². The number of carbonyl (C=O) groups is 1. The Morgan fingerprint density at radius 3 is 2.33 bits per heavy atom. The van der Waals surface area contributed by atoms with Gasteiger partial charge in [-0.1, -0.05) is 0 Å². The summed E-state index contributed by atoms with van der Waals surface area (Å²) in [5, 5.41) is 2.59. The third kappa shape index (κ3) is 6.72. The third-order valence-corrected chi connectivity index (χ3v) is 6.20. The highest BCUT2D eigenvalue weighted by Gasteiger charge is 2.30.